The van der Waals surface area contributed by atoms with Crippen LogP contribution in [0.25, 0.3) is 0 Å². The molecule has 158 valence electrons. The second-order valence-corrected chi connectivity index (χ2v) is 7.44. The Hall–Kier alpha value is -3.22. The fourth-order valence-corrected chi connectivity index (χ4v) is 3.49. The molecule has 2 aromatic carbocycles. The van der Waals surface area contributed by atoms with Crippen molar-refractivity contribution in [2.75, 3.05) is 23.4 Å². The number of nitrogens with one attached hydrogen (secondary N) is 1. The summed E-state index contributed by atoms with van der Waals surface area (Å²) in [5, 5.41) is 2.46. The average Bonchev–Trinajstić information content (AvgIpc) is 3.13. The lowest BCUT2D eigenvalue weighted by Gasteiger charge is -2.23. The highest BCUT2D eigenvalue weighted by molar-refractivity contribution is 6.00. The number of para-hydroxylation sites is 1. The summed E-state index contributed by atoms with van der Waals surface area (Å²) in [7, 11) is 0. The Balaban J connectivity index is 1.58. The third-order valence-electron chi connectivity index (χ3n) is 5.28. The van der Waals surface area contributed by atoms with Crippen LogP contribution in [0, 0.1) is 11.7 Å². The SMILES string of the molecule is CC[C@H](C)c1ccccc1N1C[C@H](C(=O)OCC(=O)Nc2cccc(F)c2)CC1=O. The van der Waals surface area contributed by atoms with Crippen molar-refractivity contribution in [2.45, 2.75) is 32.6 Å². The molecule has 3 rings (SSSR count). The highest BCUT2D eigenvalue weighted by Crippen LogP contribution is 2.33. The van der Waals surface area contributed by atoms with Crippen LogP contribution in [0.5, 0.6) is 0 Å². The summed E-state index contributed by atoms with van der Waals surface area (Å²) in [5.41, 5.74) is 2.16. The van der Waals surface area contributed by atoms with E-state index in [1.54, 1.807) is 4.90 Å². The van der Waals surface area contributed by atoms with Crippen molar-refractivity contribution in [1.29, 1.82) is 0 Å². The van der Waals surface area contributed by atoms with Crippen molar-refractivity contribution in [3.8, 4) is 0 Å². The molecule has 1 saturated heterocycles. The first-order valence-electron chi connectivity index (χ1n) is 10.00. The average molecular weight is 412 g/mol. The molecule has 6 nitrogen and oxygen atoms in total. The highest BCUT2D eigenvalue weighted by Gasteiger charge is 2.37. The lowest BCUT2D eigenvalue weighted by molar-refractivity contribution is -0.151. The maximum atomic E-state index is 13.2. The fraction of sp³-hybridized carbons (Fsp3) is 0.348. The molecule has 1 aliphatic heterocycles. The molecule has 1 aliphatic rings. The van der Waals surface area contributed by atoms with E-state index < -0.39 is 30.2 Å². The standard InChI is InChI=1S/C23H25FN2O4/c1-3-15(2)19-9-4-5-10-20(19)26-13-16(11-22(26)28)23(29)30-14-21(27)25-18-8-6-7-17(24)12-18/h4-10,12,15-16H,3,11,13-14H2,1-2H3,(H,25,27)/t15-,16+/m0/s1. The molecule has 1 heterocycles. The Morgan fingerprint density at radius 2 is 2.00 bits per heavy atom. The smallest absolute Gasteiger partial charge is 0.311 e. The van der Waals surface area contributed by atoms with Crippen LogP contribution in [0.2, 0.25) is 0 Å². The van der Waals surface area contributed by atoms with Crippen LogP contribution in [-0.2, 0) is 19.1 Å². The Morgan fingerprint density at radius 1 is 1.23 bits per heavy atom. The molecule has 7 heteroatoms. The normalized spacial score (nSPS) is 17.0. The Labute approximate surface area is 175 Å². The van der Waals surface area contributed by atoms with Crippen molar-refractivity contribution in [3.05, 3.63) is 59.9 Å². The molecule has 30 heavy (non-hydrogen) atoms. The van der Waals surface area contributed by atoms with Crippen LogP contribution < -0.4 is 10.2 Å². The predicted octanol–water partition coefficient (Wildman–Crippen LogP) is 3.87. The molecule has 0 aliphatic carbocycles. The molecule has 1 N–H and O–H groups in total. The van der Waals surface area contributed by atoms with Gasteiger partial charge >= 0.3 is 5.97 Å². The van der Waals surface area contributed by atoms with E-state index in [9.17, 15) is 18.8 Å². The quantitative estimate of drug-likeness (QED) is 0.701. The fourth-order valence-electron chi connectivity index (χ4n) is 3.49. The number of benzene rings is 2. The molecule has 0 aromatic heterocycles. The number of nitrogens with zero attached hydrogens (tertiary/aromatic N) is 1. The summed E-state index contributed by atoms with van der Waals surface area (Å²) < 4.78 is 18.3. The Kier molecular flexibility index (Phi) is 6.82. The van der Waals surface area contributed by atoms with Crippen molar-refractivity contribution in [2.24, 2.45) is 5.92 Å². The number of amides is 2. The first-order chi connectivity index (χ1) is 14.4. The molecule has 0 radical (unpaired) electrons. The first kappa shape index (κ1) is 21.5. The summed E-state index contributed by atoms with van der Waals surface area (Å²) in [5.74, 6) is -2.14. The van der Waals surface area contributed by atoms with Crippen LogP contribution in [0.4, 0.5) is 15.8 Å². The van der Waals surface area contributed by atoms with Gasteiger partial charge in [-0.15, -0.1) is 0 Å². The van der Waals surface area contributed by atoms with E-state index in [2.05, 4.69) is 19.2 Å². The van der Waals surface area contributed by atoms with E-state index in [0.717, 1.165) is 17.7 Å². The highest BCUT2D eigenvalue weighted by atomic mass is 19.1. The van der Waals surface area contributed by atoms with Crippen LogP contribution in [-0.4, -0.2) is 30.9 Å². The summed E-state index contributed by atoms with van der Waals surface area (Å²) in [6.07, 6.45) is 0.976. The van der Waals surface area contributed by atoms with Crippen LogP contribution in [0.15, 0.2) is 48.5 Å². The van der Waals surface area contributed by atoms with Crippen LogP contribution >= 0.6 is 0 Å². The third-order valence-corrected chi connectivity index (χ3v) is 5.28. The second kappa shape index (κ2) is 9.52. The van der Waals surface area contributed by atoms with Gasteiger partial charge in [-0.1, -0.05) is 38.1 Å². The number of hydrogen-bond donors (Lipinski definition) is 1. The van der Waals surface area contributed by atoms with Crippen molar-refractivity contribution >= 4 is 29.2 Å². The van der Waals surface area contributed by atoms with Gasteiger partial charge in [0.15, 0.2) is 6.61 Å². The minimum atomic E-state index is -0.635. The number of hydrogen-bond acceptors (Lipinski definition) is 4. The maximum Gasteiger partial charge on any atom is 0.311 e. The van der Waals surface area contributed by atoms with Gasteiger partial charge < -0.3 is 15.0 Å². The second-order valence-electron chi connectivity index (χ2n) is 7.44. The molecule has 2 amide bonds. The van der Waals surface area contributed by atoms with Gasteiger partial charge in [0, 0.05) is 24.3 Å². The minimum Gasteiger partial charge on any atom is -0.455 e. The van der Waals surface area contributed by atoms with Crippen LogP contribution in [0.3, 0.4) is 0 Å². The van der Waals surface area contributed by atoms with Gasteiger partial charge in [-0.05, 0) is 42.2 Å². The van der Waals surface area contributed by atoms with Gasteiger partial charge in [-0.2, -0.15) is 0 Å². The van der Waals surface area contributed by atoms with Gasteiger partial charge in [0.1, 0.15) is 5.82 Å². The molecule has 0 bridgehead atoms. The van der Waals surface area contributed by atoms with E-state index >= 15 is 0 Å². The molecule has 0 unspecified atom stereocenters. The zero-order valence-corrected chi connectivity index (χ0v) is 17.1. The maximum absolute atomic E-state index is 13.2. The largest absolute Gasteiger partial charge is 0.455 e. The summed E-state index contributed by atoms with van der Waals surface area (Å²) in [4.78, 5) is 38.6. The minimum absolute atomic E-state index is 0.0409. The van der Waals surface area contributed by atoms with Gasteiger partial charge in [-0.3, -0.25) is 14.4 Å². The lowest BCUT2D eigenvalue weighted by atomic mass is 9.96. The monoisotopic (exact) mass is 412 g/mol. The van der Waals surface area contributed by atoms with Gasteiger partial charge in [0.2, 0.25) is 5.91 Å². The van der Waals surface area contributed by atoms with Crippen molar-refractivity contribution in [3.63, 3.8) is 0 Å². The van der Waals surface area contributed by atoms with E-state index in [1.807, 2.05) is 24.3 Å². The number of carbonyl (C=O) groups is 3. The van der Waals surface area contributed by atoms with E-state index in [4.69, 9.17) is 4.74 Å². The lowest BCUT2D eigenvalue weighted by Crippen LogP contribution is -2.29. The van der Waals surface area contributed by atoms with Crippen LogP contribution in [0.1, 0.15) is 38.2 Å². The number of halogens is 1. The molecule has 1 fully saturated rings. The topological polar surface area (TPSA) is 75.7 Å². The summed E-state index contributed by atoms with van der Waals surface area (Å²) >= 11 is 0. The summed E-state index contributed by atoms with van der Waals surface area (Å²) in [6.45, 7) is 3.91. The zero-order chi connectivity index (χ0) is 21.7. The zero-order valence-electron chi connectivity index (χ0n) is 17.1. The molecular formula is C23H25FN2O4. The molecular weight excluding hydrogens is 387 g/mol. The number of carbonyl (C=O) groups excluding carboxylic acids is 3. The number of anilines is 2. The van der Waals surface area contributed by atoms with Crippen molar-refractivity contribution in [1.82, 2.24) is 0 Å². The third kappa shape index (κ3) is 5.03. The van der Waals surface area contributed by atoms with Crippen molar-refractivity contribution < 1.29 is 23.5 Å². The van der Waals surface area contributed by atoms with Gasteiger partial charge in [-0.25, -0.2) is 4.39 Å². The van der Waals surface area contributed by atoms with E-state index in [-0.39, 0.29) is 30.5 Å². The molecule has 0 saturated carbocycles. The number of ether oxygens (including phenoxy) is 1. The molecule has 2 aromatic rings. The van der Waals surface area contributed by atoms with E-state index in [0.29, 0.717) is 0 Å². The number of rotatable bonds is 7. The Bertz CT molecular complexity index is 946. The molecule has 0 spiro atoms. The van der Waals surface area contributed by atoms with Gasteiger partial charge in [0.25, 0.3) is 5.91 Å². The predicted molar refractivity (Wildman–Crippen MR) is 112 cm³/mol. The first-order valence-corrected chi connectivity index (χ1v) is 10.00. The number of esters is 1. The molecule has 2 atom stereocenters. The van der Waals surface area contributed by atoms with E-state index in [1.165, 1.54) is 24.3 Å². The summed E-state index contributed by atoms with van der Waals surface area (Å²) in [6, 6.07) is 13.1. The Morgan fingerprint density at radius 3 is 2.73 bits per heavy atom. The van der Waals surface area contributed by atoms with Gasteiger partial charge in [0.05, 0.1) is 5.92 Å².